The molecule has 1 saturated carbocycles. The Bertz CT molecular complexity index is 851. The fraction of sp³-hybridized carbons (Fsp3) is 0.619. The number of aliphatic hydroxyl groups is 1. The summed E-state index contributed by atoms with van der Waals surface area (Å²) in [6.45, 7) is 5.81. The number of carbonyl (C=O) groups is 1. The van der Waals surface area contributed by atoms with Gasteiger partial charge in [-0.3, -0.25) is 4.40 Å². The molecule has 2 aromatic heterocycles. The van der Waals surface area contributed by atoms with Gasteiger partial charge in [-0.1, -0.05) is 13.8 Å². The number of aliphatic hydroxyl groups excluding tert-OH is 1. The number of esters is 1. The molecule has 0 atom stereocenters. The third-order valence-electron chi connectivity index (χ3n) is 5.46. The van der Waals surface area contributed by atoms with Crippen molar-refractivity contribution in [1.82, 2.24) is 9.38 Å². The van der Waals surface area contributed by atoms with E-state index < -0.39 is 11.9 Å². The molecule has 3 rings (SSSR count). The maximum absolute atomic E-state index is 13.5. The predicted octanol–water partition coefficient (Wildman–Crippen LogP) is 4.49. The summed E-state index contributed by atoms with van der Waals surface area (Å²) in [5, 5.41) is 9.92. The maximum Gasteiger partial charge on any atom is 0.338 e. The van der Waals surface area contributed by atoms with Crippen LogP contribution in [-0.2, 0) is 17.8 Å². The fourth-order valence-corrected chi connectivity index (χ4v) is 4.02. The minimum absolute atomic E-state index is 0.0781. The van der Waals surface area contributed by atoms with Gasteiger partial charge in [0.05, 0.1) is 30.2 Å². The van der Waals surface area contributed by atoms with E-state index in [1.807, 2.05) is 18.2 Å². The number of fused-ring (bicyclic) bond motifs is 1. The zero-order valence-electron chi connectivity index (χ0n) is 16.7. The molecule has 0 saturated heterocycles. The first kappa shape index (κ1) is 20.7. The number of alkyl halides is 2. The van der Waals surface area contributed by atoms with Gasteiger partial charge in [0.15, 0.2) is 0 Å². The van der Waals surface area contributed by atoms with Gasteiger partial charge in [-0.2, -0.15) is 0 Å². The minimum atomic E-state index is -2.55. The second-order valence-corrected chi connectivity index (χ2v) is 7.91. The van der Waals surface area contributed by atoms with Crippen molar-refractivity contribution in [3.05, 3.63) is 34.8 Å². The van der Waals surface area contributed by atoms with E-state index in [0.29, 0.717) is 36.2 Å². The molecule has 0 unspecified atom stereocenters. The summed E-state index contributed by atoms with van der Waals surface area (Å²) >= 11 is 0. The van der Waals surface area contributed by atoms with Crippen molar-refractivity contribution in [1.29, 1.82) is 0 Å². The topological polar surface area (TPSA) is 63.8 Å². The zero-order valence-corrected chi connectivity index (χ0v) is 16.7. The Labute approximate surface area is 163 Å². The molecular weight excluding hydrogens is 366 g/mol. The molecule has 154 valence electrons. The van der Waals surface area contributed by atoms with Crippen molar-refractivity contribution in [2.75, 3.05) is 6.61 Å². The van der Waals surface area contributed by atoms with Crippen molar-refractivity contribution in [3.8, 4) is 0 Å². The number of pyridine rings is 1. The van der Waals surface area contributed by atoms with Gasteiger partial charge in [-0.15, -0.1) is 0 Å². The number of aromatic nitrogens is 2. The Hall–Kier alpha value is -2.02. The molecule has 0 radical (unpaired) electrons. The Morgan fingerprint density at radius 3 is 2.61 bits per heavy atom. The van der Waals surface area contributed by atoms with E-state index in [2.05, 4.69) is 0 Å². The Morgan fingerprint density at radius 1 is 1.36 bits per heavy atom. The molecule has 0 aromatic carbocycles. The van der Waals surface area contributed by atoms with Crippen molar-refractivity contribution in [2.45, 2.75) is 71.3 Å². The molecule has 0 spiro atoms. The quantitative estimate of drug-likeness (QED) is 0.733. The molecule has 1 fully saturated rings. The summed E-state index contributed by atoms with van der Waals surface area (Å²) in [6.07, 6.45) is 1.44. The summed E-state index contributed by atoms with van der Waals surface area (Å²) in [5.74, 6) is -2.71. The first-order chi connectivity index (χ1) is 13.3. The largest absolute Gasteiger partial charge is 0.462 e. The molecule has 2 aromatic rings. The molecule has 0 amide bonds. The van der Waals surface area contributed by atoms with Crippen LogP contribution in [0.15, 0.2) is 12.1 Å². The number of hydrogen-bond donors (Lipinski definition) is 1. The number of nitrogens with zero attached hydrogens (tertiary/aromatic N) is 2. The van der Waals surface area contributed by atoms with E-state index in [1.165, 1.54) is 0 Å². The fourth-order valence-electron chi connectivity index (χ4n) is 4.02. The summed E-state index contributed by atoms with van der Waals surface area (Å²) in [4.78, 5) is 16.9. The zero-order chi connectivity index (χ0) is 20.5. The van der Waals surface area contributed by atoms with Crippen LogP contribution >= 0.6 is 0 Å². The average molecular weight is 394 g/mol. The molecule has 5 nitrogen and oxygen atoms in total. The molecule has 7 heteroatoms. The van der Waals surface area contributed by atoms with Gasteiger partial charge >= 0.3 is 5.97 Å². The highest BCUT2D eigenvalue weighted by Crippen LogP contribution is 2.38. The smallest absolute Gasteiger partial charge is 0.338 e. The van der Waals surface area contributed by atoms with Crippen LogP contribution in [-0.4, -0.2) is 33.0 Å². The third kappa shape index (κ3) is 4.19. The lowest BCUT2D eigenvalue weighted by molar-refractivity contribution is -0.0457. The van der Waals surface area contributed by atoms with Gasteiger partial charge < -0.3 is 9.84 Å². The highest BCUT2D eigenvalue weighted by molar-refractivity contribution is 5.90. The van der Waals surface area contributed by atoms with Gasteiger partial charge in [0.1, 0.15) is 5.65 Å². The minimum Gasteiger partial charge on any atom is -0.462 e. The SMILES string of the molecule is CCOC(=O)c1cc(CO)n2c(CC3CCC(F)(F)CC3)c(C(C)C)nc2c1. The summed E-state index contributed by atoms with van der Waals surface area (Å²) in [6, 6.07) is 3.29. The number of ether oxygens (including phenoxy) is 1. The first-order valence-electron chi connectivity index (χ1n) is 9.95. The van der Waals surface area contributed by atoms with Gasteiger partial charge in [-0.05, 0) is 50.2 Å². The van der Waals surface area contributed by atoms with Crippen LogP contribution in [0.2, 0.25) is 0 Å². The van der Waals surface area contributed by atoms with Crippen molar-refractivity contribution >= 4 is 11.6 Å². The lowest BCUT2D eigenvalue weighted by Gasteiger charge is -2.28. The van der Waals surface area contributed by atoms with Gasteiger partial charge in [0, 0.05) is 18.5 Å². The second-order valence-electron chi connectivity index (χ2n) is 7.91. The van der Waals surface area contributed by atoms with Crippen molar-refractivity contribution in [2.24, 2.45) is 5.92 Å². The Balaban J connectivity index is 2.02. The van der Waals surface area contributed by atoms with Crippen molar-refractivity contribution in [3.63, 3.8) is 0 Å². The highest BCUT2D eigenvalue weighted by Gasteiger charge is 2.35. The van der Waals surface area contributed by atoms with Gasteiger partial charge in [-0.25, -0.2) is 18.6 Å². The standard InChI is InChI=1S/C21H28F2N2O3/c1-4-28-20(27)15-10-16(12-26)25-17(19(13(2)3)24-18(25)11-15)9-14-5-7-21(22,23)8-6-14/h10-11,13-14,26H,4-9,12H2,1-3H3. The van der Waals surface area contributed by atoms with Gasteiger partial charge in [0.2, 0.25) is 5.92 Å². The number of halogens is 2. The van der Waals surface area contributed by atoms with Crippen LogP contribution < -0.4 is 0 Å². The number of carbonyl (C=O) groups excluding carboxylic acids is 1. The van der Waals surface area contributed by atoms with Crippen LogP contribution in [0.4, 0.5) is 8.78 Å². The molecule has 2 heterocycles. The van der Waals surface area contributed by atoms with Crippen LogP contribution in [0.25, 0.3) is 5.65 Å². The first-order valence-corrected chi connectivity index (χ1v) is 9.95. The molecular formula is C21H28F2N2O3. The summed E-state index contributed by atoms with van der Waals surface area (Å²) in [7, 11) is 0. The normalized spacial score (nSPS) is 17.4. The van der Waals surface area contributed by atoms with E-state index in [4.69, 9.17) is 9.72 Å². The van der Waals surface area contributed by atoms with E-state index in [0.717, 1.165) is 11.4 Å². The average Bonchev–Trinajstić information content (AvgIpc) is 3.01. The monoisotopic (exact) mass is 394 g/mol. The van der Waals surface area contributed by atoms with E-state index in [9.17, 15) is 18.7 Å². The van der Waals surface area contributed by atoms with Crippen LogP contribution in [0, 0.1) is 5.92 Å². The molecule has 0 bridgehead atoms. The van der Waals surface area contributed by atoms with Crippen LogP contribution in [0.3, 0.4) is 0 Å². The molecule has 1 aliphatic carbocycles. The lowest BCUT2D eigenvalue weighted by Crippen LogP contribution is -2.26. The second kappa shape index (κ2) is 8.15. The molecule has 0 aliphatic heterocycles. The Kier molecular flexibility index (Phi) is 6.03. The molecule has 1 aliphatic rings. The number of imidazole rings is 1. The van der Waals surface area contributed by atoms with Gasteiger partial charge in [0.25, 0.3) is 0 Å². The van der Waals surface area contributed by atoms with E-state index in [1.54, 1.807) is 19.1 Å². The predicted molar refractivity (Wildman–Crippen MR) is 102 cm³/mol. The van der Waals surface area contributed by atoms with Crippen molar-refractivity contribution < 1.29 is 23.4 Å². The summed E-state index contributed by atoms with van der Waals surface area (Å²) in [5.41, 5.74) is 3.31. The maximum atomic E-state index is 13.5. The number of hydrogen-bond acceptors (Lipinski definition) is 4. The molecule has 1 N–H and O–H groups in total. The number of rotatable bonds is 6. The Morgan fingerprint density at radius 2 is 2.04 bits per heavy atom. The van der Waals surface area contributed by atoms with E-state index in [-0.39, 0.29) is 37.9 Å². The van der Waals surface area contributed by atoms with E-state index >= 15 is 0 Å². The highest BCUT2D eigenvalue weighted by atomic mass is 19.3. The third-order valence-corrected chi connectivity index (χ3v) is 5.46. The van der Waals surface area contributed by atoms with Crippen LogP contribution in [0.5, 0.6) is 0 Å². The van der Waals surface area contributed by atoms with Crippen LogP contribution in [0.1, 0.15) is 79.8 Å². The lowest BCUT2D eigenvalue weighted by atomic mass is 9.83. The molecule has 28 heavy (non-hydrogen) atoms. The summed E-state index contributed by atoms with van der Waals surface area (Å²) < 4.78 is 34.0.